The third-order valence-electron chi connectivity index (χ3n) is 13.1. The molecule has 3 fully saturated rings. The molecule has 4 aliphatic rings. The Morgan fingerprint density at radius 2 is 1.88 bits per heavy atom. The van der Waals surface area contributed by atoms with Crippen molar-refractivity contribution in [1.82, 2.24) is 20.2 Å². The first-order chi connectivity index (χ1) is 30.4. The summed E-state index contributed by atoms with van der Waals surface area (Å²) < 4.78 is 32.3. The highest BCUT2D eigenvalue weighted by molar-refractivity contribution is 7.13. The van der Waals surface area contributed by atoms with Gasteiger partial charge in [-0.25, -0.2) is 9.78 Å². The highest BCUT2D eigenvalue weighted by Gasteiger charge is 2.60. The van der Waals surface area contributed by atoms with Crippen LogP contribution in [0.15, 0.2) is 47.6 Å². The highest BCUT2D eigenvalue weighted by Crippen LogP contribution is 2.44. The van der Waals surface area contributed by atoms with E-state index >= 15 is 0 Å². The number of aliphatic imine (C=N–C) groups is 1. The third-order valence-corrected chi connectivity index (χ3v) is 14.0. The number of aliphatic hydroxyl groups excluding tert-OH is 1. The molecular weight excluding hydrogens is 841 g/mol. The summed E-state index contributed by atoms with van der Waals surface area (Å²) in [7, 11) is 3.77. The van der Waals surface area contributed by atoms with Crippen LogP contribution < -0.4 is 10.9 Å². The number of esters is 1. The van der Waals surface area contributed by atoms with Crippen molar-refractivity contribution in [3.8, 4) is 11.8 Å². The van der Waals surface area contributed by atoms with Crippen LogP contribution in [0.1, 0.15) is 84.4 Å². The van der Waals surface area contributed by atoms with Gasteiger partial charge in [-0.1, -0.05) is 45.6 Å². The predicted octanol–water partition coefficient (Wildman–Crippen LogP) is 5.11. The molecule has 17 heteroatoms. The van der Waals surface area contributed by atoms with Gasteiger partial charge in [-0.15, -0.1) is 11.3 Å². The van der Waals surface area contributed by atoms with Crippen molar-refractivity contribution in [3.05, 3.63) is 52.4 Å². The molecule has 16 nitrogen and oxygen atoms in total. The van der Waals surface area contributed by atoms with Crippen molar-refractivity contribution in [2.75, 3.05) is 39.2 Å². The molecular formula is C47H64N6O10S. The minimum absolute atomic E-state index is 0.0753. The number of hydrogen-bond acceptors (Lipinski definition) is 15. The fraction of sp³-hybridized carbons (Fsp3) is 0.617. The number of hydrazine groups is 1. The molecule has 3 saturated heterocycles. The average Bonchev–Trinajstić information content (AvgIpc) is 3.76. The number of aliphatic hydroxyl groups is 1. The van der Waals surface area contributed by atoms with Gasteiger partial charge >= 0.3 is 12.1 Å². The normalized spacial score (nSPS) is 34.8. The maximum Gasteiger partial charge on any atom is 0.410 e. The lowest BCUT2D eigenvalue weighted by Gasteiger charge is -2.47. The molecule has 348 valence electrons. The van der Waals surface area contributed by atoms with E-state index in [-0.39, 0.29) is 42.9 Å². The minimum atomic E-state index is -1.29. The molecule has 13 atom stereocenters. The highest BCUT2D eigenvalue weighted by atomic mass is 32.1. The third kappa shape index (κ3) is 10.7. The topological polar surface area (TPSA) is 190 Å². The number of ether oxygens (including phenoxy) is 5. The van der Waals surface area contributed by atoms with E-state index in [1.165, 1.54) is 24.3 Å². The molecule has 3 N–H and O–H groups in total. The van der Waals surface area contributed by atoms with Crippen molar-refractivity contribution in [3.63, 3.8) is 0 Å². The zero-order valence-electron chi connectivity index (χ0n) is 38.5. The van der Waals surface area contributed by atoms with Crippen LogP contribution >= 0.6 is 11.3 Å². The number of fused-ring (bicyclic) bond motifs is 1. The van der Waals surface area contributed by atoms with Crippen LogP contribution in [0, 0.1) is 35.5 Å². The average molecular weight is 905 g/mol. The number of nitrogens with zero attached hydrogens (tertiary/aromatic N) is 4. The number of anilines is 1. The van der Waals surface area contributed by atoms with Gasteiger partial charge in [0.2, 0.25) is 0 Å². The molecule has 64 heavy (non-hydrogen) atoms. The number of nitrogens with one attached hydrogen (secondary N) is 2. The van der Waals surface area contributed by atoms with Gasteiger partial charge in [0, 0.05) is 47.3 Å². The number of thiophene rings is 1. The summed E-state index contributed by atoms with van der Waals surface area (Å²) >= 11 is 1.40. The summed E-state index contributed by atoms with van der Waals surface area (Å²) in [5.74, 6) is 2.48. The Labute approximate surface area is 380 Å². The Morgan fingerprint density at radius 3 is 2.58 bits per heavy atom. The van der Waals surface area contributed by atoms with E-state index in [0.717, 1.165) is 15.5 Å². The van der Waals surface area contributed by atoms with Crippen molar-refractivity contribution in [2.45, 2.75) is 129 Å². The Morgan fingerprint density at radius 1 is 1.11 bits per heavy atom. The number of ketones is 1. The predicted molar refractivity (Wildman–Crippen MR) is 242 cm³/mol. The number of cyclic esters (lactones) is 1. The van der Waals surface area contributed by atoms with Gasteiger partial charge in [-0.3, -0.25) is 35.1 Å². The van der Waals surface area contributed by atoms with E-state index in [4.69, 9.17) is 28.7 Å². The van der Waals surface area contributed by atoms with Crippen LogP contribution in [0.25, 0.3) is 6.08 Å². The molecule has 0 unspecified atom stereocenters. The Hall–Kier alpha value is -4.70. The number of aromatic nitrogens is 1. The fourth-order valence-corrected chi connectivity index (χ4v) is 10.6. The molecule has 0 aromatic carbocycles. The lowest BCUT2D eigenvalue weighted by atomic mass is 9.73. The van der Waals surface area contributed by atoms with Gasteiger partial charge in [-0.05, 0) is 97.3 Å². The van der Waals surface area contributed by atoms with Gasteiger partial charge in [0.15, 0.2) is 17.7 Å². The van der Waals surface area contributed by atoms with Crippen molar-refractivity contribution < 1.29 is 48.0 Å². The molecule has 0 aliphatic carbocycles. The largest absolute Gasteiger partial charge is 0.458 e. The number of carbonyl (C=O) groups excluding carboxylic acids is 4. The van der Waals surface area contributed by atoms with Gasteiger partial charge in [0.25, 0.3) is 5.91 Å². The van der Waals surface area contributed by atoms with Crippen molar-refractivity contribution >= 4 is 52.7 Å². The zero-order valence-corrected chi connectivity index (χ0v) is 39.3. The summed E-state index contributed by atoms with van der Waals surface area (Å²) in [4.78, 5) is 69.0. The van der Waals surface area contributed by atoms with E-state index in [0.29, 0.717) is 31.7 Å². The summed E-state index contributed by atoms with van der Waals surface area (Å²) in [6, 6.07) is 8.22. The van der Waals surface area contributed by atoms with Crippen LogP contribution in [-0.2, 0) is 38.1 Å². The summed E-state index contributed by atoms with van der Waals surface area (Å²) in [5.41, 5.74) is 3.66. The van der Waals surface area contributed by atoms with Crippen LogP contribution in [0.5, 0.6) is 0 Å². The monoisotopic (exact) mass is 904 g/mol. The first-order valence-corrected chi connectivity index (χ1v) is 23.0. The van der Waals surface area contributed by atoms with Gasteiger partial charge in [-0.2, -0.15) is 0 Å². The van der Waals surface area contributed by atoms with E-state index in [2.05, 4.69) is 27.7 Å². The lowest BCUT2D eigenvalue weighted by Crippen LogP contribution is -2.60. The number of amides is 2. The summed E-state index contributed by atoms with van der Waals surface area (Å²) in [5, 5.41) is 11.7. The number of pyridine rings is 1. The second-order valence-electron chi connectivity index (χ2n) is 18.0. The van der Waals surface area contributed by atoms with E-state index < -0.39 is 71.5 Å². The number of hydrogen-bond donors (Lipinski definition) is 3. The summed E-state index contributed by atoms with van der Waals surface area (Å²) in [6.45, 7) is 15.3. The molecule has 4 aliphatic heterocycles. The molecule has 0 spiro atoms. The second kappa shape index (κ2) is 20.6. The first kappa shape index (κ1) is 48.7. The lowest BCUT2D eigenvalue weighted by molar-refractivity contribution is -0.296. The maximum atomic E-state index is 14.6. The minimum Gasteiger partial charge on any atom is -0.458 e. The first-order valence-electron chi connectivity index (χ1n) is 22.2. The van der Waals surface area contributed by atoms with Crippen molar-refractivity contribution in [1.29, 1.82) is 0 Å². The molecule has 2 bridgehead atoms. The number of carbonyl (C=O) groups is 4. The van der Waals surface area contributed by atoms with Gasteiger partial charge in [0.1, 0.15) is 30.6 Å². The maximum absolute atomic E-state index is 14.6. The molecule has 0 radical (unpaired) electrons. The molecule has 6 rings (SSSR count). The molecule has 2 amide bonds. The van der Waals surface area contributed by atoms with E-state index in [1.54, 1.807) is 42.3 Å². The Kier molecular flexibility index (Phi) is 15.7. The summed E-state index contributed by atoms with van der Waals surface area (Å²) in [6.07, 6.45) is 1.02. The van der Waals surface area contributed by atoms with Crippen molar-refractivity contribution in [2.24, 2.45) is 28.7 Å². The van der Waals surface area contributed by atoms with Crippen LogP contribution in [-0.4, -0.2) is 137 Å². The van der Waals surface area contributed by atoms with Gasteiger partial charge < -0.3 is 33.7 Å². The zero-order chi connectivity index (χ0) is 46.5. The fourth-order valence-electron chi connectivity index (χ4n) is 9.84. The van der Waals surface area contributed by atoms with E-state index in [9.17, 15) is 24.3 Å². The van der Waals surface area contributed by atoms with Gasteiger partial charge in [0.05, 0.1) is 35.3 Å². The molecule has 2 aromatic heterocycles. The molecule has 0 saturated carbocycles. The Bertz CT molecular complexity index is 2120. The Balaban J connectivity index is 1.33. The molecule has 6 heterocycles. The number of likely N-dealkylation sites (N-methyl/N-ethyl adjacent to an activating group) is 1. The number of Topliss-reactive ketones (excluding diaryl/α,β-unsaturated/α-hetero) is 1. The van der Waals surface area contributed by atoms with Crippen LogP contribution in [0.2, 0.25) is 0 Å². The van der Waals surface area contributed by atoms with Crippen LogP contribution in [0.4, 0.5) is 10.6 Å². The molecule has 2 aromatic rings. The quantitative estimate of drug-likeness (QED) is 0.0939. The van der Waals surface area contributed by atoms with E-state index in [1.807, 2.05) is 72.7 Å². The number of rotatable bonds is 10. The standard InChI is InChI=1S/C47H64N6O10S/c1-11-35-47(8)41-29(4)38(49-22-23-53(41)45(58)63-47)27(2)26-46(7,59-24-14-15-32-17-18-33(64-32)19-20-37(54)51-50-36-16-12-13-21-48-36)42(30(5)39(55)31(6)43(57)61-35)62-44-40(56)34(52(9)10)25-28(3)60-44/h12-13,16-21,27-31,34-35,40-42,44,56H,11,22-26H2,1-10H3,(H,48,50)(H,51,54)/b20-19+/t27-,28-,29-,30+,31-,34+,35+,40-,41-,42-,44+,46+,47-/m1/s1. The second-order valence-corrected chi connectivity index (χ2v) is 19.1. The smallest absolute Gasteiger partial charge is 0.410 e. The SMILES string of the molecule is CC[C@@H]1OC(=O)[C@H](C)C(=O)[C@H](C)[C@@H](O[C@@H]2O[C@H](C)C[C@H](N(C)C)[C@H]2O)[C@@](C)(OCC#Cc2ccc(/C=C/C(=O)NNc3ccccn3)s2)C[C@@H](C)C2=NCCN3C(=O)O[C@@]1(C)[C@H]3[C@@H]2C. The van der Waals surface area contributed by atoms with Crippen LogP contribution in [0.3, 0.4) is 0 Å².